The maximum atomic E-state index is 11.0. The average Bonchev–Trinajstić information content (AvgIpc) is 3.06. The number of methoxy groups -OCH3 is 1. The SMILES string of the molecule is C=Nc1onc(C(=O)O)c1-c1ccc(OC)cc1.Oc1cccc(O)c1. The number of ether oxygens (including phenoxy) is 1. The number of phenolic OH excluding ortho intramolecular Hbond substituents is 2. The molecule has 0 aliphatic carbocycles. The van der Waals surface area contributed by atoms with Crippen molar-refractivity contribution in [3.63, 3.8) is 0 Å². The van der Waals surface area contributed by atoms with Gasteiger partial charge in [-0.05, 0) is 36.5 Å². The fourth-order valence-corrected chi connectivity index (χ4v) is 2.05. The predicted octanol–water partition coefficient (Wildman–Crippen LogP) is 3.48. The van der Waals surface area contributed by atoms with Gasteiger partial charge in [-0.15, -0.1) is 0 Å². The third kappa shape index (κ3) is 4.38. The van der Waals surface area contributed by atoms with E-state index in [1.54, 1.807) is 37.4 Å². The second kappa shape index (κ2) is 8.34. The number of carboxylic acid groups (broad SMARTS) is 1. The summed E-state index contributed by atoms with van der Waals surface area (Å²) in [5.41, 5.74) is 0.736. The van der Waals surface area contributed by atoms with Crippen molar-refractivity contribution < 1.29 is 29.4 Å². The van der Waals surface area contributed by atoms with Crippen LogP contribution in [0.25, 0.3) is 11.1 Å². The van der Waals surface area contributed by atoms with E-state index >= 15 is 0 Å². The van der Waals surface area contributed by atoms with Crippen LogP contribution in [0.15, 0.2) is 58.0 Å². The van der Waals surface area contributed by atoms with Crippen molar-refractivity contribution in [3.8, 4) is 28.4 Å². The predicted molar refractivity (Wildman–Crippen MR) is 94.4 cm³/mol. The summed E-state index contributed by atoms with van der Waals surface area (Å²) in [5.74, 6) is -0.257. The van der Waals surface area contributed by atoms with Crippen LogP contribution in [0.1, 0.15) is 10.5 Å². The van der Waals surface area contributed by atoms with Gasteiger partial charge < -0.3 is 24.6 Å². The van der Waals surface area contributed by atoms with Gasteiger partial charge in [0.05, 0.1) is 12.7 Å². The lowest BCUT2D eigenvalue weighted by atomic mass is 10.1. The molecule has 0 bridgehead atoms. The summed E-state index contributed by atoms with van der Waals surface area (Å²) >= 11 is 0. The molecule has 0 aliphatic heterocycles. The quantitative estimate of drug-likeness (QED) is 0.611. The first-order chi connectivity index (χ1) is 12.5. The average molecular weight is 356 g/mol. The fraction of sp³-hybridized carbons (Fsp3) is 0.0556. The number of carboxylic acids is 1. The van der Waals surface area contributed by atoms with Crippen LogP contribution in [0.2, 0.25) is 0 Å². The molecule has 1 aromatic heterocycles. The minimum atomic E-state index is -1.18. The highest BCUT2D eigenvalue weighted by Crippen LogP contribution is 2.34. The van der Waals surface area contributed by atoms with Gasteiger partial charge in [-0.1, -0.05) is 23.4 Å². The van der Waals surface area contributed by atoms with Gasteiger partial charge in [0.2, 0.25) is 5.69 Å². The van der Waals surface area contributed by atoms with Gasteiger partial charge in [-0.3, -0.25) is 0 Å². The van der Waals surface area contributed by atoms with Gasteiger partial charge in [0, 0.05) is 6.07 Å². The molecule has 1 heterocycles. The Bertz CT molecular complexity index is 885. The van der Waals surface area contributed by atoms with E-state index in [1.807, 2.05) is 0 Å². The molecule has 2 aromatic carbocycles. The highest BCUT2D eigenvalue weighted by molar-refractivity contribution is 5.96. The molecule has 0 atom stereocenters. The zero-order valence-electron chi connectivity index (χ0n) is 13.8. The van der Waals surface area contributed by atoms with Crippen LogP contribution in [0.5, 0.6) is 17.2 Å². The van der Waals surface area contributed by atoms with Gasteiger partial charge in [0.15, 0.2) is 0 Å². The van der Waals surface area contributed by atoms with Crippen LogP contribution in [0.3, 0.4) is 0 Å². The van der Waals surface area contributed by atoms with E-state index < -0.39 is 5.97 Å². The van der Waals surface area contributed by atoms with Crippen LogP contribution in [-0.4, -0.2) is 40.3 Å². The van der Waals surface area contributed by atoms with E-state index in [4.69, 9.17) is 24.6 Å². The van der Waals surface area contributed by atoms with Crippen molar-refractivity contribution in [2.24, 2.45) is 4.99 Å². The number of aliphatic imine (C=N–C) groups is 1. The van der Waals surface area contributed by atoms with Crippen LogP contribution in [0.4, 0.5) is 5.88 Å². The number of phenols is 2. The largest absolute Gasteiger partial charge is 0.508 e. The highest BCUT2D eigenvalue weighted by Gasteiger charge is 2.22. The first-order valence-electron chi connectivity index (χ1n) is 7.28. The molecule has 3 N–H and O–H groups in total. The van der Waals surface area contributed by atoms with Crippen molar-refractivity contribution in [1.82, 2.24) is 5.16 Å². The summed E-state index contributed by atoms with van der Waals surface area (Å²) < 4.78 is 9.86. The smallest absolute Gasteiger partial charge is 0.358 e. The number of nitrogens with zero attached hydrogens (tertiary/aromatic N) is 2. The lowest BCUT2D eigenvalue weighted by molar-refractivity contribution is 0.0686. The van der Waals surface area contributed by atoms with E-state index in [0.29, 0.717) is 16.9 Å². The molecule has 3 rings (SSSR count). The van der Waals surface area contributed by atoms with Gasteiger partial charge in [-0.25, -0.2) is 9.79 Å². The van der Waals surface area contributed by atoms with Crippen LogP contribution < -0.4 is 4.74 Å². The Labute approximate surface area is 148 Å². The molecule has 0 fully saturated rings. The molecule has 0 spiro atoms. The first-order valence-corrected chi connectivity index (χ1v) is 7.28. The summed E-state index contributed by atoms with van der Waals surface area (Å²) in [6.07, 6.45) is 0. The Kier molecular flexibility index (Phi) is 5.94. The third-order valence-electron chi connectivity index (χ3n) is 3.23. The third-order valence-corrected chi connectivity index (χ3v) is 3.23. The zero-order valence-corrected chi connectivity index (χ0v) is 13.8. The summed E-state index contributed by atoms with van der Waals surface area (Å²) in [6.45, 7) is 3.32. The standard InChI is InChI=1S/C12H10N2O4.C6H6O2/c1-13-11-9(10(12(15)16)14-18-11)7-3-5-8(17-2)6-4-7;7-5-2-1-3-6(8)4-5/h3-6H,1H2,2H3,(H,15,16);1-4,7-8H. The summed E-state index contributed by atoms with van der Waals surface area (Å²) in [6, 6.07) is 12.7. The number of carbonyl (C=O) groups is 1. The minimum absolute atomic E-state index is 0.0811. The summed E-state index contributed by atoms with van der Waals surface area (Å²) in [7, 11) is 1.55. The minimum Gasteiger partial charge on any atom is -0.508 e. The van der Waals surface area contributed by atoms with Crippen molar-refractivity contribution in [1.29, 1.82) is 0 Å². The van der Waals surface area contributed by atoms with Gasteiger partial charge in [-0.2, -0.15) is 0 Å². The molecule has 0 saturated carbocycles. The van der Waals surface area contributed by atoms with Crippen LogP contribution in [-0.2, 0) is 0 Å². The number of aromatic nitrogens is 1. The molecular formula is C18H16N2O6. The van der Waals surface area contributed by atoms with E-state index in [0.717, 1.165) is 0 Å². The van der Waals surface area contributed by atoms with Crippen molar-refractivity contribution in [3.05, 3.63) is 54.2 Å². The highest BCUT2D eigenvalue weighted by atomic mass is 16.5. The molecule has 0 aliphatic rings. The van der Waals surface area contributed by atoms with Crippen LogP contribution in [0, 0.1) is 0 Å². The van der Waals surface area contributed by atoms with Gasteiger partial charge in [0.25, 0.3) is 5.88 Å². The first kappa shape index (κ1) is 18.5. The summed E-state index contributed by atoms with van der Waals surface area (Å²) in [5, 5.41) is 29.8. The lowest BCUT2D eigenvalue weighted by Gasteiger charge is -2.02. The number of hydrogen-bond donors (Lipinski definition) is 3. The second-order valence-corrected chi connectivity index (χ2v) is 4.92. The van der Waals surface area contributed by atoms with E-state index in [2.05, 4.69) is 16.9 Å². The van der Waals surface area contributed by atoms with E-state index in [9.17, 15) is 4.79 Å². The van der Waals surface area contributed by atoms with Gasteiger partial charge in [0.1, 0.15) is 17.2 Å². The molecule has 134 valence electrons. The molecule has 3 aromatic rings. The number of hydrogen-bond acceptors (Lipinski definition) is 7. The number of aromatic hydroxyl groups is 2. The van der Waals surface area contributed by atoms with Crippen molar-refractivity contribution in [2.75, 3.05) is 7.11 Å². The summed E-state index contributed by atoms with van der Waals surface area (Å²) in [4.78, 5) is 14.7. The lowest BCUT2D eigenvalue weighted by Crippen LogP contribution is -1.98. The molecule has 0 radical (unpaired) electrons. The second-order valence-electron chi connectivity index (χ2n) is 4.92. The van der Waals surface area contributed by atoms with Crippen LogP contribution >= 0.6 is 0 Å². The Morgan fingerprint density at radius 3 is 2.19 bits per heavy atom. The van der Waals surface area contributed by atoms with Gasteiger partial charge >= 0.3 is 5.97 Å². The van der Waals surface area contributed by atoms with Crippen molar-refractivity contribution >= 4 is 18.6 Å². The Balaban J connectivity index is 0.000000254. The number of benzene rings is 2. The zero-order chi connectivity index (χ0) is 19.1. The Morgan fingerprint density at radius 2 is 1.77 bits per heavy atom. The van der Waals surface area contributed by atoms with E-state index in [-0.39, 0.29) is 23.1 Å². The Hall–Kier alpha value is -3.81. The topological polar surface area (TPSA) is 125 Å². The molecular weight excluding hydrogens is 340 g/mol. The fourth-order valence-electron chi connectivity index (χ4n) is 2.05. The molecule has 0 unspecified atom stereocenters. The number of rotatable bonds is 4. The molecule has 0 amide bonds. The normalized spacial score (nSPS) is 9.73. The molecule has 8 nitrogen and oxygen atoms in total. The molecule has 26 heavy (non-hydrogen) atoms. The monoisotopic (exact) mass is 356 g/mol. The maximum absolute atomic E-state index is 11.0. The maximum Gasteiger partial charge on any atom is 0.358 e. The van der Waals surface area contributed by atoms with E-state index in [1.165, 1.54) is 18.2 Å². The Morgan fingerprint density at radius 1 is 1.15 bits per heavy atom. The molecule has 8 heteroatoms. The molecule has 0 saturated heterocycles. The van der Waals surface area contributed by atoms with Crippen molar-refractivity contribution in [2.45, 2.75) is 0 Å². The number of aromatic carboxylic acids is 1.